The van der Waals surface area contributed by atoms with Crippen LogP contribution in [0.1, 0.15) is 18.4 Å². The Labute approximate surface area is 112 Å². The van der Waals surface area contributed by atoms with Crippen molar-refractivity contribution < 1.29 is 9.90 Å². The highest BCUT2D eigenvalue weighted by molar-refractivity contribution is 8.00. The molecule has 0 radical (unpaired) electrons. The third kappa shape index (κ3) is 3.06. The van der Waals surface area contributed by atoms with Crippen molar-refractivity contribution in [1.29, 1.82) is 0 Å². The molecule has 1 aliphatic heterocycles. The van der Waals surface area contributed by atoms with Gasteiger partial charge in [0.2, 0.25) is 5.91 Å². The van der Waals surface area contributed by atoms with E-state index in [-0.39, 0.29) is 18.6 Å². The zero-order valence-corrected chi connectivity index (χ0v) is 11.4. The third-order valence-electron chi connectivity index (χ3n) is 3.35. The lowest BCUT2D eigenvalue weighted by Crippen LogP contribution is -2.38. The summed E-state index contributed by atoms with van der Waals surface area (Å²) in [5.74, 6) is 0.598. The number of hydrogen-bond acceptors (Lipinski definition) is 3. The summed E-state index contributed by atoms with van der Waals surface area (Å²) in [6, 6.07) is 8.13. The molecule has 4 heteroatoms. The molecule has 1 aromatic carbocycles. The summed E-state index contributed by atoms with van der Waals surface area (Å²) in [5, 5.41) is 9.21. The molecule has 1 amide bonds. The van der Waals surface area contributed by atoms with E-state index in [1.807, 2.05) is 23.1 Å². The van der Waals surface area contributed by atoms with Gasteiger partial charge < -0.3 is 10.0 Å². The number of rotatable bonds is 4. The number of carbonyl (C=O) groups excluding carboxylic acids is 1. The molecule has 0 spiro atoms. The summed E-state index contributed by atoms with van der Waals surface area (Å²) in [6.45, 7) is 2.93. The summed E-state index contributed by atoms with van der Waals surface area (Å²) in [4.78, 5) is 15.1. The number of carbonyl (C=O) groups is 1. The minimum Gasteiger partial charge on any atom is -0.394 e. The fourth-order valence-corrected chi connectivity index (χ4v) is 3.21. The van der Waals surface area contributed by atoms with E-state index < -0.39 is 0 Å². The molecule has 1 saturated heterocycles. The van der Waals surface area contributed by atoms with Crippen molar-refractivity contribution in [2.24, 2.45) is 0 Å². The van der Waals surface area contributed by atoms with E-state index in [2.05, 4.69) is 13.0 Å². The Hall–Kier alpha value is -1.00. The normalized spacial score (nSPS) is 19.2. The van der Waals surface area contributed by atoms with Crippen molar-refractivity contribution >= 4 is 17.7 Å². The quantitative estimate of drug-likeness (QED) is 0.847. The van der Waals surface area contributed by atoms with Gasteiger partial charge in [-0.15, -0.1) is 11.8 Å². The van der Waals surface area contributed by atoms with Crippen LogP contribution in [0.15, 0.2) is 29.2 Å². The van der Waals surface area contributed by atoms with Gasteiger partial charge >= 0.3 is 0 Å². The number of aliphatic hydroxyl groups excluding tert-OH is 1. The van der Waals surface area contributed by atoms with Crippen LogP contribution < -0.4 is 0 Å². The van der Waals surface area contributed by atoms with E-state index in [0.717, 1.165) is 24.3 Å². The molecule has 98 valence electrons. The van der Waals surface area contributed by atoms with Crippen molar-refractivity contribution in [2.45, 2.75) is 30.7 Å². The largest absolute Gasteiger partial charge is 0.394 e. The van der Waals surface area contributed by atoms with Crippen LogP contribution >= 0.6 is 11.8 Å². The first-order chi connectivity index (χ1) is 8.72. The first kappa shape index (κ1) is 13.4. The maximum atomic E-state index is 12.1. The van der Waals surface area contributed by atoms with Gasteiger partial charge in [-0.3, -0.25) is 4.79 Å². The first-order valence-electron chi connectivity index (χ1n) is 6.31. The number of amides is 1. The number of aliphatic hydroxyl groups is 1. The van der Waals surface area contributed by atoms with Crippen LogP contribution in [-0.4, -0.2) is 40.9 Å². The molecule has 0 unspecified atom stereocenters. The fourth-order valence-electron chi connectivity index (χ4n) is 2.29. The summed E-state index contributed by atoms with van der Waals surface area (Å²) < 4.78 is 0. The molecular formula is C14H19NO2S. The highest BCUT2D eigenvalue weighted by atomic mass is 32.2. The summed E-state index contributed by atoms with van der Waals surface area (Å²) in [5.41, 5.74) is 1.20. The van der Waals surface area contributed by atoms with Gasteiger partial charge in [0.25, 0.3) is 0 Å². The van der Waals surface area contributed by atoms with E-state index in [4.69, 9.17) is 0 Å². The minimum atomic E-state index is 0.0370. The third-order valence-corrected chi connectivity index (χ3v) is 4.51. The maximum absolute atomic E-state index is 12.1. The molecule has 1 atom stereocenters. The number of benzene rings is 1. The van der Waals surface area contributed by atoms with Crippen LogP contribution in [0.5, 0.6) is 0 Å². The molecule has 1 aromatic rings. The van der Waals surface area contributed by atoms with Crippen LogP contribution in [0.4, 0.5) is 0 Å². The van der Waals surface area contributed by atoms with Crippen molar-refractivity contribution in [2.75, 3.05) is 18.9 Å². The Morgan fingerprint density at radius 3 is 3.00 bits per heavy atom. The molecule has 1 fully saturated rings. The molecule has 0 saturated carbocycles. The van der Waals surface area contributed by atoms with Crippen molar-refractivity contribution in [1.82, 2.24) is 4.90 Å². The van der Waals surface area contributed by atoms with E-state index in [9.17, 15) is 9.90 Å². The highest BCUT2D eigenvalue weighted by Crippen LogP contribution is 2.24. The first-order valence-corrected chi connectivity index (χ1v) is 7.29. The van der Waals surface area contributed by atoms with Gasteiger partial charge in [0, 0.05) is 11.4 Å². The second-order valence-electron chi connectivity index (χ2n) is 4.62. The molecule has 1 heterocycles. The maximum Gasteiger partial charge on any atom is 0.233 e. The monoisotopic (exact) mass is 265 g/mol. The summed E-state index contributed by atoms with van der Waals surface area (Å²) in [6.07, 6.45) is 1.93. The molecule has 18 heavy (non-hydrogen) atoms. The molecule has 1 aliphatic rings. The predicted octanol–water partition coefficient (Wildman–Crippen LogP) is 2.07. The lowest BCUT2D eigenvalue weighted by atomic mass is 10.2. The number of likely N-dealkylation sites (tertiary alicyclic amines) is 1. The van der Waals surface area contributed by atoms with Gasteiger partial charge in [0.15, 0.2) is 0 Å². The molecule has 2 rings (SSSR count). The predicted molar refractivity (Wildman–Crippen MR) is 73.7 cm³/mol. The van der Waals surface area contributed by atoms with Gasteiger partial charge in [-0.25, -0.2) is 0 Å². The Kier molecular flexibility index (Phi) is 4.66. The number of thioether (sulfide) groups is 1. The second-order valence-corrected chi connectivity index (χ2v) is 5.64. The summed E-state index contributed by atoms with van der Waals surface area (Å²) >= 11 is 1.58. The lowest BCUT2D eigenvalue weighted by molar-refractivity contribution is -0.129. The Bertz CT molecular complexity index is 422. The van der Waals surface area contributed by atoms with Crippen molar-refractivity contribution in [3.05, 3.63) is 29.8 Å². The van der Waals surface area contributed by atoms with E-state index in [1.165, 1.54) is 5.56 Å². The van der Waals surface area contributed by atoms with Gasteiger partial charge in [-0.2, -0.15) is 0 Å². The zero-order valence-electron chi connectivity index (χ0n) is 10.6. The van der Waals surface area contributed by atoms with E-state index >= 15 is 0 Å². The molecule has 0 bridgehead atoms. The Balaban J connectivity index is 1.90. The van der Waals surface area contributed by atoms with Crippen LogP contribution in [0.25, 0.3) is 0 Å². The van der Waals surface area contributed by atoms with Gasteiger partial charge in [-0.1, -0.05) is 18.2 Å². The molecule has 3 nitrogen and oxygen atoms in total. The van der Waals surface area contributed by atoms with Gasteiger partial charge in [-0.05, 0) is 31.4 Å². The second kappa shape index (κ2) is 6.25. The fraction of sp³-hybridized carbons (Fsp3) is 0.500. The number of nitrogens with zero attached hydrogens (tertiary/aromatic N) is 1. The van der Waals surface area contributed by atoms with E-state index in [0.29, 0.717) is 5.75 Å². The topological polar surface area (TPSA) is 40.5 Å². The van der Waals surface area contributed by atoms with Crippen molar-refractivity contribution in [3.63, 3.8) is 0 Å². The highest BCUT2D eigenvalue weighted by Gasteiger charge is 2.27. The zero-order chi connectivity index (χ0) is 13.0. The molecular weight excluding hydrogens is 246 g/mol. The van der Waals surface area contributed by atoms with Crippen LogP contribution in [0, 0.1) is 6.92 Å². The average Bonchev–Trinajstić information content (AvgIpc) is 2.86. The van der Waals surface area contributed by atoms with Gasteiger partial charge in [0.05, 0.1) is 18.4 Å². The Morgan fingerprint density at radius 1 is 1.50 bits per heavy atom. The van der Waals surface area contributed by atoms with E-state index in [1.54, 1.807) is 11.8 Å². The van der Waals surface area contributed by atoms with Crippen LogP contribution in [-0.2, 0) is 4.79 Å². The summed E-state index contributed by atoms with van der Waals surface area (Å²) in [7, 11) is 0. The lowest BCUT2D eigenvalue weighted by Gasteiger charge is -2.22. The minimum absolute atomic E-state index is 0.0370. The van der Waals surface area contributed by atoms with Crippen LogP contribution in [0.3, 0.4) is 0 Å². The standard InChI is InChI=1S/C14H19NO2S/c1-11-5-2-3-7-13(11)18-10-14(17)15-8-4-6-12(15)9-16/h2-3,5,7,12,16H,4,6,8-10H2,1H3/t12-/m0/s1. The smallest absolute Gasteiger partial charge is 0.233 e. The number of aryl methyl sites for hydroxylation is 1. The van der Waals surface area contributed by atoms with Gasteiger partial charge in [0.1, 0.15) is 0 Å². The number of hydrogen-bond donors (Lipinski definition) is 1. The molecule has 1 N–H and O–H groups in total. The average molecular weight is 265 g/mol. The van der Waals surface area contributed by atoms with Crippen LogP contribution in [0.2, 0.25) is 0 Å². The molecule has 0 aromatic heterocycles. The van der Waals surface area contributed by atoms with Crippen molar-refractivity contribution in [3.8, 4) is 0 Å². The molecule has 0 aliphatic carbocycles. The SMILES string of the molecule is Cc1ccccc1SCC(=O)N1CCC[C@H]1CO. The Morgan fingerprint density at radius 2 is 2.28 bits per heavy atom.